The molecule has 0 aromatic heterocycles. The lowest BCUT2D eigenvalue weighted by atomic mass is 10.2. The lowest BCUT2D eigenvalue weighted by Crippen LogP contribution is -2.39. The summed E-state index contributed by atoms with van der Waals surface area (Å²) in [5, 5.41) is 0. The van der Waals surface area contributed by atoms with E-state index in [1.165, 1.54) is 0 Å². The molecule has 2 atom stereocenters. The number of carbonyl (C=O) groups excluding carboxylic acids is 1. The first-order valence-corrected chi connectivity index (χ1v) is 7.88. The monoisotopic (exact) mass is 392 g/mol. The van der Waals surface area contributed by atoms with Crippen molar-refractivity contribution < 1.29 is 14.3 Å². The standard InChI is InChI=1S/C15H21BrN2O3.ClH/c1-18(15(19)14-7-6-13(10-17)21-14)8-9-20-12-4-2-11(16)3-5-12;/h2-5,13-14H,6-10,17H2,1H3;1H/t13-,14+;/m1./s1. The van der Waals surface area contributed by atoms with E-state index in [9.17, 15) is 4.79 Å². The Labute approximate surface area is 145 Å². The number of hydrogen-bond donors (Lipinski definition) is 1. The summed E-state index contributed by atoms with van der Waals surface area (Å²) in [5.74, 6) is 0.796. The highest BCUT2D eigenvalue weighted by atomic mass is 79.9. The van der Waals surface area contributed by atoms with Gasteiger partial charge in [0.2, 0.25) is 0 Å². The highest BCUT2D eigenvalue weighted by molar-refractivity contribution is 9.10. The highest BCUT2D eigenvalue weighted by Gasteiger charge is 2.31. The molecule has 0 aliphatic carbocycles. The third-order valence-electron chi connectivity index (χ3n) is 3.53. The maximum Gasteiger partial charge on any atom is 0.251 e. The Hall–Kier alpha value is -0.820. The van der Waals surface area contributed by atoms with Crippen LogP contribution >= 0.6 is 28.3 Å². The van der Waals surface area contributed by atoms with Crippen molar-refractivity contribution in [3.8, 4) is 5.75 Å². The fourth-order valence-electron chi connectivity index (χ4n) is 2.25. The van der Waals surface area contributed by atoms with Crippen LogP contribution in [0.4, 0.5) is 0 Å². The summed E-state index contributed by atoms with van der Waals surface area (Å²) in [5.41, 5.74) is 5.55. The molecule has 2 N–H and O–H groups in total. The minimum Gasteiger partial charge on any atom is -0.492 e. The summed E-state index contributed by atoms with van der Waals surface area (Å²) in [6.45, 7) is 1.46. The van der Waals surface area contributed by atoms with E-state index in [2.05, 4.69) is 15.9 Å². The Kier molecular flexibility index (Phi) is 8.17. The number of nitrogens with two attached hydrogens (primary N) is 1. The number of ether oxygens (including phenoxy) is 2. The molecule has 1 amide bonds. The molecule has 1 heterocycles. The lowest BCUT2D eigenvalue weighted by molar-refractivity contribution is -0.141. The van der Waals surface area contributed by atoms with Crippen molar-refractivity contribution in [2.75, 3.05) is 26.7 Å². The van der Waals surface area contributed by atoms with Gasteiger partial charge in [-0.2, -0.15) is 0 Å². The van der Waals surface area contributed by atoms with Crippen molar-refractivity contribution in [3.05, 3.63) is 28.7 Å². The molecule has 0 bridgehead atoms. The Bertz CT molecular complexity index is 472. The van der Waals surface area contributed by atoms with Crippen LogP contribution in [0, 0.1) is 0 Å². The minimum absolute atomic E-state index is 0. The van der Waals surface area contributed by atoms with Crippen LogP contribution in [0.5, 0.6) is 5.75 Å². The second-order valence-corrected chi connectivity index (χ2v) is 6.04. The number of halogens is 2. The second kappa shape index (κ2) is 9.35. The van der Waals surface area contributed by atoms with Gasteiger partial charge in [-0.05, 0) is 37.1 Å². The summed E-state index contributed by atoms with van der Waals surface area (Å²) in [4.78, 5) is 13.8. The van der Waals surface area contributed by atoms with Gasteiger partial charge in [-0.25, -0.2) is 0 Å². The smallest absolute Gasteiger partial charge is 0.251 e. The Balaban J connectivity index is 0.00000242. The van der Waals surface area contributed by atoms with Crippen LogP contribution in [0.25, 0.3) is 0 Å². The molecule has 1 saturated heterocycles. The van der Waals surface area contributed by atoms with Crippen LogP contribution in [0.15, 0.2) is 28.7 Å². The Morgan fingerprint density at radius 3 is 2.68 bits per heavy atom. The SMILES string of the molecule is CN(CCOc1ccc(Br)cc1)C(=O)[C@@H]1CC[C@H](CN)O1.Cl. The van der Waals surface area contributed by atoms with Gasteiger partial charge in [-0.3, -0.25) is 4.79 Å². The Morgan fingerprint density at radius 2 is 2.09 bits per heavy atom. The topological polar surface area (TPSA) is 64.8 Å². The molecule has 1 aromatic rings. The molecule has 0 saturated carbocycles. The van der Waals surface area contributed by atoms with Gasteiger partial charge in [0.05, 0.1) is 12.6 Å². The summed E-state index contributed by atoms with van der Waals surface area (Å²) in [7, 11) is 1.77. The van der Waals surface area contributed by atoms with E-state index in [1.807, 2.05) is 24.3 Å². The van der Waals surface area contributed by atoms with Gasteiger partial charge in [-0.15, -0.1) is 12.4 Å². The van der Waals surface area contributed by atoms with Crippen LogP contribution in [0.3, 0.4) is 0 Å². The third kappa shape index (κ3) is 5.43. The van der Waals surface area contributed by atoms with Crippen molar-refractivity contribution in [2.24, 2.45) is 5.73 Å². The molecule has 2 rings (SSSR count). The molecule has 0 spiro atoms. The van der Waals surface area contributed by atoms with E-state index in [-0.39, 0.29) is 30.5 Å². The first kappa shape index (κ1) is 19.2. The largest absolute Gasteiger partial charge is 0.492 e. The van der Waals surface area contributed by atoms with Crippen LogP contribution in [-0.2, 0) is 9.53 Å². The van der Waals surface area contributed by atoms with E-state index in [0.717, 1.165) is 23.1 Å². The zero-order chi connectivity index (χ0) is 15.2. The maximum absolute atomic E-state index is 12.2. The quantitative estimate of drug-likeness (QED) is 0.805. The van der Waals surface area contributed by atoms with Gasteiger partial charge in [0.25, 0.3) is 5.91 Å². The lowest BCUT2D eigenvalue weighted by Gasteiger charge is -2.21. The summed E-state index contributed by atoms with van der Waals surface area (Å²) < 4.78 is 12.2. The summed E-state index contributed by atoms with van der Waals surface area (Å²) in [6, 6.07) is 7.61. The maximum atomic E-state index is 12.2. The van der Waals surface area contributed by atoms with Gasteiger partial charge in [0, 0.05) is 18.1 Å². The van der Waals surface area contributed by atoms with Gasteiger partial charge in [0.15, 0.2) is 0 Å². The van der Waals surface area contributed by atoms with Crippen LogP contribution in [0.1, 0.15) is 12.8 Å². The van der Waals surface area contributed by atoms with E-state index < -0.39 is 0 Å². The molecule has 0 radical (unpaired) electrons. The molecule has 1 fully saturated rings. The minimum atomic E-state index is -0.351. The van der Waals surface area contributed by atoms with Crippen molar-refractivity contribution in [3.63, 3.8) is 0 Å². The highest BCUT2D eigenvalue weighted by Crippen LogP contribution is 2.20. The van der Waals surface area contributed by atoms with Crippen molar-refractivity contribution in [1.29, 1.82) is 0 Å². The van der Waals surface area contributed by atoms with Gasteiger partial charge >= 0.3 is 0 Å². The van der Waals surface area contributed by atoms with Crippen molar-refractivity contribution >= 4 is 34.2 Å². The molecular weight excluding hydrogens is 372 g/mol. The normalized spacial score (nSPS) is 20.3. The predicted molar refractivity (Wildman–Crippen MR) is 91.5 cm³/mol. The number of nitrogens with zero attached hydrogens (tertiary/aromatic N) is 1. The number of amides is 1. The van der Waals surface area contributed by atoms with Crippen LogP contribution in [0.2, 0.25) is 0 Å². The molecular formula is C15H22BrClN2O3. The average Bonchev–Trinajstić information content (AvgIpc) is 2.97. The van der Waals surface area contributed by atoms with Crippen molar-refractivity contribution in [2.45, 2.75) is 25.0 Å². The van der Waals surface area contributed by atoms with E-state index in [0.29, 0.717) is 19.7 Å². The summed E-state index contributed by atoms with van der Waals surface area (Å²) in [6.07, 6.45) is 1.27. The van der Waals surface area contributed by atoms with Gasteiger partial charge < -0.3 is 20.1 Å². The molecule has 5 nitrogen and oxygen atoms in total. The van der Waals surface area contributed by atoms with Gasteiger partial charge in [-0.1, -0.05) is 15.9 Å². The van der Waals surface area contributed by atoms with Crippen molar-refractivity contribution in [1.82, 2.24) is 4.90 Å². The van der Waals surface area contributed by atoms with Gasteiger partial charge in [0.1, 0.15) is 18.5 Å². The molecule has 7 heteroatoms. The number of carbonyl (C=O) groups is 1. The third-order valence-corrected chi connectivity index (χ3v) is 4.06. The molecule has 124 valence electrons. The Morgan fingerprint density at radius 1 is 1.41 bits per heavy atom. The first-order valence-electron chi connectivity index (χ1n) is 7.09. The fourth-order valence-corrected chi connectivity index (χ4v) is 2.51. The number of rotatable bonds is 6. The zero-order valence-electron chi connectivity index (χ0n) is 12.5. The molecule has 22 heavy (non-hydrogen) atoms. The second-order valence-electron chi connectivity index (χ2n) is 5.12. The first-order chi connectivity index (χ1) is 10.1. The average molecular weight is 394 g/mol. The molecule has 1 aromatic carbocycles. The molecule has 1 aliphatic rings. The van der Waals surface area contributed by atoms with Crippen LogP contribution < -0.4 is 10.5 Å². The fraction of sp³-hybridized carbons (Fsp3) is 0.533. The van der Waals surface area contributed by atoms with E-state index in [4.69, 9.17) is 15.2 Å². The van der Waals surface area contributed by atoms with Crippen LogP contribution in [-0.4, -0.2) is 49.8 Å². The molecule has 1 aliphatic heterocycles. The number of likely N-dealkylation sites (N-methyl/N-ethyl adjacent to an activating group) is 1. The number of benzene rings is 1. The van der Waals surface area contributed by atoms with E-state index >= 15 is 0 Å². The molecule has 0 unspecified atom stereocenters. The predicted octanol–water partition coefficient (Wildman–Crippen LogP) is 2.21. The van der Waals surface area contributed by atoms with E-state index in [1.54, 1.807) is 11.9 Å². The number of hydrogen-bond acceptors (Lipinski definition) is 4. The summed E-state index contributed by atoms with van der Waals surface area (Å²) >= 11 is 3.37. The zero-order valence-corrected chi connectivity index (χ0v) is 14.9.